The molecular weight excluding hydrogens is 294 g/mol. The average molecular weight is 314 g/mol. The zero-order chi connectivity index (χ0) is 16.1. The van der Waals surface area contributed by atoms with Crippen LogP contribution in [0, 0.1) is 13.8 Å². The molecule has 3 heteroatoms. The first kappa shape index (κ1) is 16.3. The maximum atomic E-state index is 12.0. The molecule has 2 rings (SSSR count). The van der Waals surface area contributed by atoms with Crippen molar-refractivity contribution in [3.8, 4) is 0 Å². The lowest BCUT2D eigenvalue weighted by atomic mass is 10.00. The molecule has 0 saturated heterocycles. The van der Waals surface area contributed by atoms with Crippen molar-refractivity contribution in [3.63, 3.8) is 0 Å². The molecule has 2 aromatic rings. The molecule has 114 valence electrons. The van der Waals surface area contributed by atoms with E-state index in [9.17, 15) is 4.79 Å². The third-order valence-electron chi connectivity index (χ3n) is 3.56. The second kappa shape index (κ2) is 7.28. The van der Waals surface area contributed by atoms with Gasteiger partial charge in [0.1, 0.15) is 0 Å². The molecule has 1 atom stereocenters. The summed E-state index contributed by atoms with van der Waals surface area (Å²) >= 11 is 5.84. The smallest absolute Gasteiger partial charge is 0.244 e. The van der Waals surface area contributed by atoms with Gasteiger partial charge in [-0.15, -0.1) is 0 Å². The summed E-state index contributed by atoms with van der Waals surface area (Å²) in [5.41, 5.74) is 4.46. The Morgan fingerprint density at radius 3 is 2.50 bits per heavy atom. The normalized spacial score (nSPS) is 12.4. The van der Waals surface area contributed by atoms with Crippen LogP contribution in [0.25, 0.3) is 6.08 Å². The monoisotopic (exact) mass is 313 g/mol. The minimum Gasteiger partial charge on any atom is -0.346 e. The lowest BCUT2D eigenvalue weighted by Crippen LogP contribution is -2.25. The molecule has 0 saturated carbocycles. The first-order chi connectivity index (χ1) is 10.5. The first-order valence-electron chi connectivity index (χ1n) is 7.27. The van der Waals surface area contributed by atoms with Crippen LogP contribution >= 0.6 is 11.6 Å². The summed E-state index contributed by atoms with van der Waals surface area (Å²) in [7, 11) is 0. The van der Waals surface area contributed by atoms with Crippen LogP contribution in [0.4, 0.5) is 0 Å². The molecule has 2 aromatic carbocycles. The Bertz CT molecular complexity index is 689. The van der Waals surface area contributed by atoms with E-state index in [0.29, 0.717) is 5.02 Å². The van der Waals surface area contributed by atoms with Gasteiger partial charge in [-0.05, 0) is 55.7 Å². The molecule has 0 aliphatic carbocycles. The van der Waals surface area contributed by atoms with Crippen LogP contribution in [0.3, 0.4) is 0 Å². The summed E-state index contributed by atoms with van der Waals surface area (Å²) in [5, 5.41) is 3.68. The van der Waals surface area contributed by atoms with Gasteiger partial charge in [-0.1, -0.05) is 47.5 Å². The number of nitrogens with one attached hydrogen (secondary N) is 1. The molecule has 0 bridgehead atoms. The van der Waals surface area contributed by atoms with E-state index in [1.54, 1.807) is 24.3 Å². The van der Waals surface area contributed by atoms with E-state index >= 15 is 0 Å². The SMILES string of the molecule is Cc1ccc(C)c([C@H](C)NC(=O)/C=C\c2ccc(Cl)cc2)c1. The number of carbonyl (C=O) groups is 1. The molecule has 22 heavy (non-hydrogen) atoms. The standard InChI is InChI=1S/C19H20ClNO/c1-13-4-5-14(2)18(12-13)15(3)21-19(22)11-8-16-6-9-17(20)10-7-16/h4-12,15H,1-3H3,(H,21,22)/b11-8-/t15-/m0/s1. The zero-order valence-electron chi connectivity index (χ0n) is 13.1. The molecule has 0 heterocycles. The number of benzene rings is 2. The third-order valence-corrected chi connectivity index (χ3v) is 3.81. The molecule has 0 spiro atoms. The maximum absolute atomic E-state index is 12.0. The Hall–Kier alpha value is -2.06. The van der Waals surface area contributed by atoms with Crippen LogP contribution in [0.1, 0.15) is 35.2 Å². The molecular formula is C19H20ClNO. The Balaban J connectivity index is 2.02. The van der Waals surface area contributed by atoms with Gasteiger partial charge in [0.2, 0.25) is 5.91 Å². The van der Waals surface area contributed by atoms with Crippen molar-refractivity contribution >= 4 is 23.6 Å². The molecule has 1 amide bonds. The van der Waals surface area contributed by atoms with Gasteiger partial charge >= 0.3 is 0 Å². The number of rotatable bonds is 4. The fourth-order valence-electron chi connectivity index (χ4n) is 2.31. The quantitative estimate of drug-likeness (QED) is 0.803. The predicted octanol–water partition coefficient (Wildman–Crippen LogP) is 4.85. The zero-order valence-corrected chi connectivity index (χ0v) is 13.8. The predicted molar refractivity (Wildman–Crippen MR) is 93.0 cm³/mol. The molecule has 0 aliphatic heterocycles. The van der Waals surface area contributed by atoms with E-state index in [-0.39, 0.29) is 11.9 Å². The van der Waals surface area contributed by atoms with Crippen LogP contribution in [-0.2, 0) is 4.79 Å². The van der Waals surface area contributed by atoms with E-state index in [0.717, 1.165) is 11.1 Å². The Morgan fingerprint density at radius 1 is 1.14 bits per heavy atom. The van der Waals surface area contributed by atoms with Crippen LogP contribution in [0.5, 0.6) is 0 Å². The highest BCUT2D eigenvalue weighted by molar-refractivity contribution is 6.30. The third kappa shape index (κ3) is 4.47. The molecule has 0 radical (unpaired) electrons. The highest BCUT2D eigenvalue weighted by Crippen LogP contribution is 2.19. The summed E-state index contributed by atoms with van der Waals surface area (Å²) in [6.45, 7) is 6.11. The highest BCUT2D eigenvalue weighted by Gasteiger charge is 2.10. The number of hydrogen-bond acceptors (Lipinski definition) is 1. The van der Waals surface area contributed by atoms with Gasteiger partial charge < -0.3 is 5.32 Å². The van der Waals surface area contributed by atoms with Gasteiger partial charge in [-0.2, -0.15) is 0 Å². The maximum Gasteiger partial charge on any atom is 0.244 e. The van der Waals surface area contributed by atoms with E-state index in [2.05, 4.69) is 37.4 Å². The second-order valence-electron chi connectivity index (χ2n) is 5.48. The van der Waals surface area contributed by atoms with Crippen LogP contribution in [0.15, 0.2) is 48.5 Å². The van der Waals surface area contributed by atoms with Crippen molar-refractivity contribution in [2.45, 2.75) is 26.8 Å². The lowest BCUT2D eigenvalue weighted by Gasteiger charge is -2.16. The Labute approximate surface area is 136 Å². The van der Waals surface area contributed by atoms with Gasteiger partial charge in [0.15, 0.2) is 0 Å². The fourth-order valence-corrected chi connectivity index (χ4v) is 2.44. The number of aryl methyl sites for hydroxylation is 2. The summed E-state index contributed by atoms with van der Waals surface area (Å²) in [5.74, 6) is -0.108. The molecule has 0 fully saturated rings. The summed E-state index contributed by atoms with van der Waals surface area (Å²) < 4.78 is 0. The summed E-state index contributed by atoms with van der Waals surface area (Å²) in [4.78, 5) is 12.0. The first-order valence-corrected chi connectivity index (χ1v) is 7.65. The van der Waals surface area contributed by atoms with Crippen molar-refractivity contribution in [1.82, 2.24) is 5.32 Å². The van der Waals surface area contributed by atoms with E-state index in [1.165, 1.54) is 11.1 Å². The van der Waals surface area contributed by atoms with E-state index in [4.69, 9.17) is 11.6 Å². The van der Waals surface area contributed by atoms with Gasteiger partial charge in [-0.3, -0.25) is 4.79 Å². The minimum absolute atomic E-state index is 0.0257. The largest absolute Gasteiger partial charge is 0.346 e. The summed E-state index contributed by atoms with van der Waals surface area (Å²) in [6.07, 6.45) is 3.33. The van der Waals surface area contributed by atoms with Crippen LogP contribution in [0.2, 0.25) is 5.02 Å². The number of amides is 1. The van der Waals surface area contributed by atoms with E-state index < -0.39 is 0 Å². The second-order valence-corrected chi connectivity index (χ2v) is 5.91. The van der Waals surface area contributed by atoms with Crippen LogP contribution in [-0.4, -0.2) is 5.91 Å². The fraction of sp³-hybridized carbons (Fsp3) is 0.211. The van der Waals surface area contributed by atoms with E-state index in [1.807, 2.05) is 19.1 Å². The van der Waals surface area contributed by atoms with Crippen molar-refractivity contribution in [2.75, 3.05) is 0 Å². The molecule has 0 aromatic heterocycles. The summed E-state index contributed by atoms with van der Waals surface area (Å²) in [6, 6.07) is 13.6. The van der Waals surface area contributed by atoms with Crippen molar-refractivity contribution in [2.24, 2.45) is 0 Å². The van der Waals surface area contributed by atoms with Crippen molar-refractivity contribution < 1.29 is 4.79 Å². The topological polar surface area (TPSA) is 29.1 Å². The minimum atomic E-state index is -0.108. The van der Waals surface area contributed by atoms with Crippen molar-refractivity contribution in [1.29, 1.82) is 0 Å². The van der Waals surface area contributed by atoms with Crippen molar-refractivity contribution in [3.05, 3.63) is 75.8 Å². The molecule has 0 aliphatic rings. The Morgan fingerprint density at radius 2 is 1.82 bits per heavy atom. The number of hydrogen-bond donors (Lipinski definition) is 1. The average Bonchev–Trinajstić information content (AvgIpc) is 2.49. The number of carbonyl (C=O) groups excluding carboxylic acids is 1. The van der Waals surface area contributed by atoms with Gasteiger partial charge in [0.25, 0.3) is 0 Å². The van der Waals surface area contributed by atoms with Gasteiger partial charge in [0, 0.05) is 11.1 Å². The molecule has 0 unspecified atom stereocenters. The Kier molecular flexibility index (Phi) is 5.40. The van der Waals surface area contributed by atoms with Crippen LogP contribution < -0.4 is 5.32 Å². The number of halogens is 1. The molecule has 2 nitrogen and oxygen atoms in total. The molecule has 1 N–H and O–H groups in total. The lowest BCUT2D eigenvalue weighted by molar-refractivity contribution is -0.117. The van der Waals surface area contributed by atoms with Gasteiger partial charge in [-0.25, -0.2) is 0 Å². The highest BCUT2D eigenvalue weighted by atomic mass is 35.5. The van der Waals surface area contributed by atoms with Gasteiger partial charge in [0.05, 0.1) is 6.04 Å².